The summed E-state index contributed by atoms with van der Waals surface area (Å²) in [5.74, 6) is 1.98. The second kappa shape index (κ2) is 7.84. The highest BCUT2D eigenvalue weighted by molar-refractivity contribution is 5.64. The maximum Gasteiger partial charge on any atom is 0.155 e. The summed E-state index contributed by atoms with van der Waals surface area (Å²) in [6, 6.07) is 15.2. The molecule has 0 atom stereocenters. The molecule has 0 aliphatic heterocycles. The molecule has 0 fully saturated rings. The first-order valence-corrected chi connectivity index (χ1v) is 8.89. The Labute approximate surface area is 163 Å². The topological polar surface area (TPSA) is 72.8 Å². The summed E-state index contributed by atoms with van der Waals surface area (Å²) in [6.07, 6.45) is 6.91. The molecule has 0 aliphatic rings. The van der Waals surface area contributed by atoms with Crippen LogP contribution in [0.25, 0.3) is 11.4 Å². The lowest BCUT2D eigenvalue weighted by molar-refractivity contribution is 0.481. The van der Waals surface area contributed by atoms with E-state index >= 15 is 0 Å². The molecule has 6 nitrogen and oxygen atoms in total. The molecule has 0 spiro atoms. The molecule has 138 valence electrons. The summed E-state index contributed by atoms with van der Waals surface area (Å²) < 4.78 is 6.18. The highest BCUT2D eigenvalue weighted by atomic mass is 16.5. The minimum atomic E-state index is 0.653. The number of ether oxygens (including phenoxy) is 1. The Balaban J connectivity index is 1.66. The van der Waals surface area contributed by atoms with Gasteiger partial charge in [0.1, 0.15) is 17.3 Å². The number of aryl methyl sites for hydroxylation is 2. The van der Waals surface area contributed by atoms with E-state index in [4.69, 9.17) is 9.72 Å². The number of anilines is 2. The van der Waals surface area contributed by atoms with Crippen molar-refractivity contribution in [1.82, 2.24) is 19.9 Å². The number of pyridine rings is 4. The third-order valence-corrected chi connectivity index (χ3v) is 4.23. The second-order valence-electron chi connectivity index (χ2n) is 6.30. The van der Waals surface area contributed by atoms with Crippen molar-refractivity contribution < 1.29 is 4.74 Å². The van der Waals surface area contributed by atoms with Crippen molar-refractivity contribution in [3.8, 4) is 22.9 Å². The van der Waals surface area contributed by atoms with Gasteiger partial charge in [0, 0.05) is 30.4 Å². The molecule has 4 heterocycles. The van der Waals surface area contributed by atoms with Crippen LogP contribution in [0, 0.1) is 13.8 Å². The number of nitrogens with zero attached hydrogens (tertiary/aromatic N) is 4. The predicted molar refractivity (Wildman–Crippen MR) is 109 cm³/mol. The zero-order valence-corrected chi connectivity index (χ0v) is 15.6. The van der Waals surface area contributed by atoms with Gasteiger partial charge in [-0.1, -0.05) is 6.07 Å². The van der Waals surface area contributed by atoms with Gasteiger partial charge in [0.2, 0.25) is 0 Å². The Morgan fingerprint density at radius 1 is 0.893 bits per heavy atom. The van der Waals surface area contributed by atoms with Gasteiger partial charge in [0.05, 0.1) is 17.6 Å². The number of aromatic nitrogens is 4. The molecule has 0 radical (unpaired) electrons. The van der Waals surface area contributed by atoms with Gasteiger partial charge in [-0.2, -0.15) is 0 Å². The van der Waals surface area contributed by atoms with Crippen molar-refractivity contribution >= 4 is 11.5 Å². The third kappa shape index (κ3) is 3.96. The lowest BCUT2D eigenvalue weighted by Gasteiger charge is -2.13. The smallest absolute Gasteiger partial charge is 0.155 e. The number of nitrogens with one attached hydrogen (secondary N) is 1. The molecular formula is C22H19N5O. The molecule has 4 aromatic rings. The molecule has 0 aliphatic carbocycles. The Bertz CT molecular complexity index is 1080. The molecule has 0 saturated heterocycles. The number of hydrogen-bond donors (Lipinski definition) is 1. The molecule has 4 rings (SSSR count). The van der Waals surface area contributed by atoms with Crippen LogP contribution < -0.4 is 10.1 Å². The van der Waals surface area contributed by atoms with Gasteiger partial charge < -0.3 is 10.1 Å². The fourth-order valence-electron chi connectivity index (χ4n) is 2.70. The van der Waals surface area contributed by atoms with Crippen molar-refractivity contribution in [3.05, 3.63) is 84.6 Å². The van der Waals surface area contributed by atoms with Crippen LogP contribution in [0.1, 0.15) is 11.3 Å². The Morgan fingerprint density at radius 2 is 1.82 bits per heavy atom. The second-order valence-corrected chi connectivity index (χ2v) is 6.30. The maximum absolute atomic E-state index is 6.18. The average Bonchev–Trinajstić information content (AvgIpc) is 2.72. The SMILES string of the molecule is Cc1cc(Oc2ccnc(Nc3cccnc3)c2)c(-c2ccccn2)nc1C. The summed E-state index contributed by atoms with van der Waals surface area (Å²) in [4.78, 5) is 17.6. The summed E-state index contributed by atoms with van der Waals surface area (Å²) in [5, 5.41) is 3.22. The molecule has 28 heavy (non-hydrogen) atoms. The van der Waals surface area contributed by atoms with E-state index in [1.54, 1.807) is 24.8 Å². The van der Waals surface area contributed by atoms with Gasteiger partial charge in [-0.3, -0.25) is 9.97 Å². The van der Waals surface area contributed by atoms with Gasteiger partial charge in [-0.05, 0) is 55.8 Å². The van der Waals surface area contributed by atoms with Gasteiger partial charge in [-0.15, -0.1) is 0 Å². The van der Waals surface area contributed by atoms with E-state index in [9.17, 15) is 0 Å². The minimum Gasteiger partial charge on any atom is -0.455 e. The first-order valence-electron chi connectivity index (χ1n) is 8.89. The van der Waals surface area contributed by atoms with Gasteiger partial charge >= 0.3 is 0 Å². The largest absolute Gasteiger partial charge is 0.455 e. The zero-order chi connectivity index (χ0) is 19.3. The lowest BCUT2D eigenvalue weighted by atomic mass is 10.1. The van der Waals surface area contributed by atoms with Crippen molar-refractivity contribution in [3.63, 3.8) is 0 Å². The highest BCUT2D eigenvalue weighted by Gasteiger charge is 2.13. The molecule has 0 saturated carbocycles. The summed E-state index contributed by atoms with van der Waals surface area (Å²) in [6.45, 7) is 3.99. The average molecular weight is 369 g/mol. The number of rotatable bonds is 5. The highest BCUT2D eigenvalue weighted by Crippen LogP contribution is 2.33. The molecule has 6 heteroatoms. The van der Waals surface area contributed by atoms with E-state index in [-0.39, 0.29) is 0 Å². The molecule has 0 unspecified atom stereocenters. The van der Waals surface area contributed by atoms with E-state index < -0.39 is 0 Å². The van der Waals surface area contributed by atoms with Crippen LogP contribution in [0.4, 0.5) is 11.5 Å². The van der Waals surface area contributed by atoms with Gasteiger partial charge in [0.25, 0.3) is 0 Å². The molecular weight excluding hydrogens is 350 g/mol. The van der Waals surface area contributed by atoms with Crippen molar-refractivity contribution in [1.29, 1.82) is 0 Å². The van der Waals surface area contributed by atoms with Crippen molar-refractivity contribution in [2.75, 3.05) is 5.32 Å². The summed E-state index contributed by atoms with van der Waals surface area (Å²) in [7, 11) is 0. The van der Waals surface area contributed by atoms with Crippen LogP contribution in [0.15, 0.2) is 73.3 Å². The fraction of sp³-hybridized carbons (Fsp3) is 0.0909. The number of hydrogen-bond acceptors (Lipinski definition) is 6. The molecule has 0 bridgehead atoms. The third-order valence-electron chi connectivity index (χ3n) is 4.23. The minimum absolute atomic E-state index is 0.653. The van der Waals surface area contributed by atoms with Crippen molar-refractivity contribution in [2.24, 2.45) is 0 Å². The van der Waals surface area contributed by atoms with Crippen molar-refractivity contribution in [2.45, 2.75) is 13.8 Å². The molecule has 1 N–H and O–H groups in total. The predicted octanol–water partition coefficient (Wildman–Crippen LogP) is 5.09. The Kier molecular flexibility index (Phi) is 4.93. The lowest BCUT2D eigenvalue weighted by Crippen LogP contribution is -1.98. The van der Waals surface area contributed by atoms with Gasteiger partial charge in [-0.25, -0.2) is 9.97 Å². The van der Waals surface area contributed by atoms with E-state index in [2.05, 4.69) is 20.3 Å². The zero-order valence-electron chi connectivity index (χ0n) is 15.6. The quantitative estimate of drug-likeness (QED) is 0.528. The van der Waals surface area contributed by atoms with E-state index in [1.807, 2.05) is 62.4 Å². The maximum atomic E-state index is 6.18. The molecule has 4 aromatic heterocycles. The summed E-state index contributed by atoms with van der Waals surface area (Å²) >= 11 is 0. The van der Waals surface area contributed by atoms with Crippen LogP contribution in [0.2, 0.25) is 0 Å². The molecule has 0 aromatic carbocycles. The first-order chi connectivity index (χ1) is 13.7. The van der Waals surface area contributed by atoms with Crippen LogP contribution in [-0.4, -0.2) is 19.9 Å². The standard InChI is InChI=1S/C22H19N5O/c1-15-12-20(22(26-16(15)2)19-7-3-4-10-24-19)28-18-8-11-25-21(13-18)27-17-6-5-9-23-14-17/h3-14H,1-2H3,(H,25,27). The van der Waals surface area contributed by atoms with Gasteiger partial charge in [0.15, 0.2) is 5.75 Å². The van der Waals surface area contributed by atoms with Crippen LogP contribution >= 0.6 is 0 Å². The van der Waals surface area contributed by atoms with E-state index in [0.29, 0.717) is 23.0 Å². The van der Waals surface area contributed by atoms with E-state index in [1.165, 1.54) is 0 Å². The van der Waals surface area contributed by atoms with Crippen LogP contribution in [0.5, 0.6) is 11.5 Å². The monoisotopic (exact) mass is 369 g/mol. The Morgan fingerprint density at radius 3 is 2.61 bits per heavy atom. The molecule has 0 amide bonds. The van der Waals surface area contributed by atoms with Crippen LogP contribution in [-0.2, 0) is 0 Å². The first kappa shape index (κ1) is 17.6. The van der Waals surface area contributed by atoms with E-state index in [0.717, 1.165) is 22.6 Å². The Hall–Kier alpha value is -3.80. The fourth-order valence-corrected chi connectivity index (χ4v) is 2.70. The summed E-state index contributed by atoms with van der Waals surface area (Å²) in [5.41, 5.74) is 4.33. The van der Waals surface area contributed by atoms with Crippen LogP contribution in [0.3, 0.4) is 0 Å². The normalized spacial score (nSPS) is 10.5.